The molecule has 3 rings (SSSR count). The number of nitrogens with one attached hydrogen (secondary N) is 3. The van der Waals surface area contributed by atoms with Gasteiger partial charge in [0, 0.05) is 6.42 Å². The number of aromatic hydroxyl groups is 1. The average molecular weight is 511 g/mol. The number of hydrogen-bond acceptors (Lipinski definition) is 6. The highest BCUT2D eigenvalue weighted by Crippen LogP contribution is 2.24. The number of carbonyl (C=O) groups excluding carboxylic acids is 4. The molecule has 0 aromatic heterocycles. The monoisotopic (exact) mass is 510 g/mol. The van der Waals surface area contributed by atoms with Gasteiger partial charge in [0.05, 0.1) is 6.04 Å². The van der Waals surface area contributed by atoms with E-state index < -0.39 is 47.9 Å². The van der Waals surface area contributed by atoms with Crippen molar-refractivity contribution in [2.45, 2.75) is 63.9 Å². The molecule has 10 nitrogen and oxygen atoms in total. The highest BCUT2D eigenvalue weighted by atomic mass is 16.6. The summed E-state index contributed by atoms with van der Waals surface area (Å²) in [5.74, 6) is -2.17. The molecule has 0 saturated carbocycles. The SMILES string of the molecule is CC(C)C[C@H](NC(=O)C1OC1C(=O)N[C@@H](C)c1ccccc1)C(=O)N[C@@H](Cc1ccc(O)cc1)C(N)=O. The standard InChI is InChI=1S/C27H34N4O6/c1-15(2)13-21(25(34)30-20(24(28)33)14-17-9-11-19(32)12-10-17)31-27(36)23-22(37-23)26(35)29-16(3)18-7-5-4-6-8-18/h4-12,15-16,20-23,32H,13-14H2,1-3H3,(H2,28,33)(H,29,35)(H,30,34)(H,31,36)/t16-,20-,21-,22?,23?/m0/s1. The quantitative estimate of drug-likeness (QED) is 0.268. The molecule has 6 N–H and O–H groups in total. The van der Waals surface area contributed by atoms with Gasteiger partial charge in [-0.05, 0) is 42.5 Å². The minimum Gasteiger partial charge on any atom is -0.508 e. The Balaban J connectivity index is 1.58. The van der Waals surface area contributed by atoms with Crippen LogP contribution in [-0.4, -0.2) is 53.0 Å². The van der Waals surface area contributed by atoms with Gasteiger partial charge in [0.15, 0.2) is 12.2 Å². The van der Waals surface area contributed by atoms with Gasteiger partial charge < -0.3 is 31.5 Å². The zero-order chi connectivity index (χ0) is 27.1. The third-order valence-corrected chi connectivity index (χ3v) is 6.04. The summed E-state index contributed by atoms with van der Waals surface area (Å²) in [6.45, 7) is 5.62. The molecule has 198 valence electrons. The molecule has 4 amide bonds. The number of benzene rings is 2. The molecule has 1 aliphatic rings. The summed E-state index contributed by atoms with van der Waals surface area (Å²) in [5.41, 5.74) is 7.11. The van der Waals surface area contributed by atoms with Crippen LogP contribution in [0.25, 0.3) is 0 Å². The second-order valence-electron chi connectivity index (χ2n) is 9.64. The van der Waals surface area contributed by atoms with E-state index in [9.17, 15) is 24.3 Å². The molecule has 0 aliphatic carbocycles. The first-order chi connectivity index (χ1) is 17.5. The number of epoxide rings is 1. The van der Waals surface area contributed by atoms with Gasteiger partial charge in [-0.25, -0.2) is 0 Å². The van der Waals surface area contributed by atoms with E-state index in [-0.39, 0.29) is 24.1 Å². The van der Waals surface area contributed by atoms with Crippen molar-refractivity contribution in [3.8, 4) is 5.75 Å². The van der Waals surface area contributed by atoms with Crippen LogP contribution in [0, 0.1) is 5.92 Å². The fourth-order valence-electron chi connectivity index (χ4n) is 3.95. The van der Waals surface area contributed by atoms with Gasteiger partial charge in [-0.1, -0.05) is 56.3 Å². The van der Waals surface area contributed by atoms with Crippen molar-refractivity contribution in [1.29, 1.82) is 0 Å². The molecular weight excluding hydrogens is 476 g/mol. The van der Waals surface area contributed by atoms with E-state index >= 15 is 0 Å². The van der Waals surface area contributed by atoms with Crippen LogP contribution in [0.2, 0.25) is 0 Å². The Morgan fingerprint density at radius 3 is 2.03 bits per heavy atom. The summed E-state index contributed by atoms with van der Waals surface area (Å²) in [4.78, 5) is 50.4. The number of phenols is 1. The molecule has 0 bridgehead atoms. The number of rotatable bonds is 12. The van der Waals surface area contributed by atoms with Crippen LogP contribution in [0.1, 0.15) is 44.4 Å². The maximum absolute atomic E-state index is 13.0. The molecule has 10 heteroatoms. The first kappa shape index (κ1) is 27.7. The van der Waals surface area contributed by atoms with Crippen molar-refractivity contribution in [1.82, 2.24) is 16.0 Å². The maximum Gasteiger partial charge on any atom is 0.253 e. The van der Waals surface area contributed by atoms with Crippen molar-refractivity contribution in [3.63, 3.8) is 0 Å². The second-order valence-corrected chi connectivity index (χ2v) is 9.64. The minimum atomic E-state index is -1.02. The predicted octanol–water partition coefficient (Wildman–Crippen LogP) is 1.08. The smallest absolute Gasteiger partial charge is 0.253 e. The van der Waals surface area contributed by atoms with Gasteiger partial charge in [0.1, 0.15) is 17.8 Å². The van der Waals surface area contributed by atoms with Crippen molar-refractivity contribution < 1.29 is 29.0 Å². The van der Waals surface area contributed by atoms with Crippen LogP contribution in [0.4, 0.5) is 0 Å². The summed E-state index contributed by atoms with van der Waals surface area (Å²) in [6, 6.07) is 13.4. The molecule has 2 aromatic rings. The number of hydrogen-bond donors (Lipinski definition) is 5. The lowest BCUT2D eigenvalue weighted by Gasteiger charge is -2.23. The number of ether oxygens (including phenoxy) is 1. The fourth-order valence-corrected chi connectivity index (χ4v) is 3.95. The zero-order valence-corrected chi connectivity index (χ0v) is 21.1. The molecule has 1 saturated heterocycles. The molecule has 2 aromatic carbocycles. The zero-order valence-electron chi connectivity index (χ0n) is 21.1. The van der Waals surface area contributed by atoms with Gasteiger partial charge in [0.25, 0.3) is 11.8 Å². The van der Waals surface area contributed by atoms with Crippen molar-refractivity contribution >= 4 is 23.6 Å². The average Bonchev–Trinajstić information content (AvgIpc) is 3.66. The number of nitrogens with two attached hydrogens (primary N) is 1. The Hall–Kier alpha value is -3.92. The fraction of sp³-hybridized carbons (Fsp3) is 0.407. The highest BCUT2D eigenvalue weighted by molar-refractivity contribution is 5.97. The molecule has 0 spiro atoms. The summed E-state index contributed by atoms with van der Waals surface area (Å²) < 4.78 is 5.32. The first-order valence-corrected chi connectivity index (χ1v) is 12.2. The van der Waals surface area contributed by atoms with Crippen LogP contribution in [-0.2, 0) is 30.3 Å². The molecule has 1 fully saturated rings. The van der Waals surface area contributed by atoms with Gasteiger partial charge in [-0.3, -0.25) is 19.2 Å². The third kappa shape index (κ3) is 8.04. The largest absolute Gasteiger partial charge is 0.508 e. The molecule has 0 radical (unpaired) electrons. The number of phenolic OH excluding ortho intramolecular Hbond substituents is 1. The summed E-state index contributed by atoms with van der Waals surface area (Å²) >= 11 is 0. The summed E-state index contributed by atoms with van der Waals surface area (Å²) in [7, 11) is 0. The normalized spacial score (nSPS) is 18.8. The van der Waals surface area contributed by atoms with Gasteiger partial charge >= 0.3 is 0 Å². The van der Waals surface area contributed by atoms with E-state index in [1.165, 1.54) is 12.1 Å². The van der Waals surface area contributed by atoms with Crippen LogP contribution in [0.15, 0.2) is 54.6 Å². The first-order valence-electron chi connectivity index (χ1n) is 12.2. The Kier molecular flexibility index (Phi) is 9.24. The van der Waals surface area contributed by atoms with E-state index in [0.717, 1.165) is 5.56 Å². The highest BCUT2D eigenvalue weighted by Gasteiger charge is 2.51. The maximum atomic E-state index is 13.0. The van der Waals surface area contributed by atoms with Crippen LogP contribution in [0.5, 0.6) is 5.75 Å². The number of primary amides is 1. The molecular formula is C27H34N4O6. The number of carbonyl (C=O) groups is 4. The lowest BCUT2D eigenvalue weighted by Crippen LogP contribution is -2.54. The molecule has 1 heterocycles. The van der Waals surface area contributed by atoms with Gasteiger partial charge in [-0.15, -0.1) is 0 Å². The Bertz CT molecular complexity index is 1110. The molecule has 5 atom stereocenters. The summed E-state index contributed by atoms with van der Waals surface area (Å²) in [6.07, 6.45) is -1.52. The molecule has 2 unspecified atom stereocenters. The minimum absolute atomic E-state index is 0.0473. The second kappa shape index (κ2) is 12.4. The topological polar surface area (TPSA) is 163 Å². The lowest BCUT2D eigenvalue weighted by atomic mass is 10.0. The van der Waals surface area contributed by atoms with Crippen LogP contribution < -0.4 is 21.7 Å². The van der Waals surface area contributed by atoms with E-state index in [2.05, 4.69) is 16.0 Å². The lowest BCUT2D eigenvalue weighted by molar-refractivity contribution is -0.132. The van der Waals surface area contributed by atoms with Crippen LogP contribution >= 0.6 is 0 Å². The van der Waals surface area contributed by atoms with E-state index in [0.29, 0.717) is 12.0 Å². The molecule has 1 aliphatic heterocycles. The molecule has 37 heavy (non-hydrogen) atoms. The number of amides is 4. The van der Waals surface area contributed by atoms with E-state index in [1.54, 1.807) is 12.1 Å². The Morgan fingerprint density at radius 1 is 0.865 bits per heavy atom. The van der Waals surface area contributed by atoms with Crippen molar-refractivity contribution in [3.05, 3.63) is 65.7 Å². The predicted molar refractivity (Wildman–Crippen MR) is 136 cm³/mol. The van der Waals surface area contributed by atoms with E-state index in [4.69, 9.17) is 10.5 Å². The Morgan fingerprint density at radius 2 is 1.46 bits per heavy atom. The summed E-state index contributed by atoms with van der Waals surface area (Å²) in [5, 5.41) is 17.5. The third-order valence-electron chi connectivity index (χ3n) is 6.04. The van der Waals surface area contributed by atoms with Crippen molar-refractivity contribution in [2.75, 3.05) is 0 Å². The van der Waals surface area contributed by atoms with Crippen LogP contribution in [0.3, 0.4) is 0 Å². The van der Waals surface area contributed by atoms with Gasteiger partial charge in [-0.2, -0.15) is 0 Å². The van der Waals surface area contributed by atoms with Gasteiger partial charge in [0.2, 0.25) is 11.8 Å². The van der Waals surface area contributed by atoms with E-state index in [1.807, 2.05) is 51.1 Å². The van der Waals surface area contributed by atoms with Crippen molar-refractivity contribution in [2.24, 2.45) is 11.7 Å². The Labute approximate surface area is 216 Å².